The Labute approximate surface area is 188 Å². The number of nitro groups is 1. The Morgan fingerprint density at radius 3 is 2.42 bits per heavy atom. The lowest BCUT2D eigenvalue weighted by molar-refractivity contribution is -0.384. The average molecular weight is 470 g/mol. The standard InChI is InChI=1S/C21H18N4O7S/c1-32-15-8-6-14(7-9-15)13-22-23-19-11-10-16(12-20(19)25(28)29)33(30,31)24-18-5-3-2-4-17(18)21(26)27/h2-13,23-24H,1H3,(H,26,27). The summed E-state index contributed by atoms with van der Waals surface area (Å²) in [5, 5.41) is 24.7. The van der Waals surface area contributed by atoms with Crippen LogP contribution in [0.2, 0.25) is 0 Å². The molecule has 0 saturated heterocycles. The molecule has 0 bridgehead atoms. The van der Waals surface area contributed by atoms with E-state index in [-0.39, 0.29) is 16.9 Å². The molecule has 3 aromatic carbocycles. The number of ether oxygens (including phenoxy) is 1. The number of benzene rings is 3. The average Bonchev–Trinajstić information content (AvgIpc) is 2.79. The molecule has 12 heteroatoms. The predicted molar refractivity (Wildman–Crippen MR) is 122 cm³/mol. The summed E-state index contributed by atoms with van der Waals surface area (Å²) in [5.74, 6) is -0.666. The van der Waals surface area contributed by atoms with Crippen LogP contribution in [0, 0.1) is 10.1 Å². The van der Waals surface area contributed by atoms with Crippen LogP contribution in [0.15, 0.2) is 76.7 Å². The molecule has 0 saturated carbocycles. The summed E-state index contributed by atoms with van der Waals surface area (Å²) in [6, 6.07) is 15.5. The highest BCUT2D eigenvalue weighted by Gasteiger charge is 2.23. The third-order valence-electron chi connectivity index (χ3n) is 4.39. The zero-order valence-electron chi connectivity index (χ0n) is 17.1. The number of para-hydroxylation sites is 1. The number of sulfonamides is 1. The van der Waals surface area contributed by atoms with Crippen molar-refractivity contribution in [1.82, 2.24) is 0 Å². The number of nitrogens with zero attached hydrogens (tertiary/aromatic N) is 2. The van der Waals surface area contributed by atoms with Gasteiger partial charge in [-0.3, -0.25) is 20.3 Å². The second-order valence-electron chi connectivity index (χ2n) is 6.54. The number of nitro benzene ring substituents is 1. The van der Waals surface area contributed by atoms with Gasteiger partial charge in [0.1, 0.15) is 11.4 Å². The molecule has 0 aromatic heterocycles. The van der Waals surface area contributed by atoms with Gasteiger partial charge < -0.3 is 9.84 Å². The highest BCUT2D eigenvalue weighted by molar-refractivity contribution is 7.92. The number of methoxy groups -OCH3 is 1. The summed E-state index contributed by atoms with van der Waals surface area (Å²) in [6.07, 6.45) is 1.43. The van der Waals surface area contributed by atoms with Gasteiger partial charge in [-0.25, -0.2) is 13.2 Å². The number of hydrogen-bond acceptors (Lipinski definition) is 8. The highest BCUT2D eigenvalue weighted by Crippen LogP contribution is 2.29. The first-order chi connectivity index (χ1) is 15.7. The summed E-state index contributed by atoms with van der Waals surface area (Å²) in [5.41, 5.74) is 2.23. The summed E-state index contributed by atoms with van der Waals surface area (Å²) < 4.78 is 32.7. The largest absolute Gasteiger partial charge is 0.497 e. The smallest absolute Gasteiger partial charge is 0.337 e. The Balaban J connectivity index is 1.85. The number of anilines is 2. The van der Waals surface area contributed by atoms with E-state index in [4.69, 9.17) is 4.74 Å². The van der Waals surface area contributed by atoms with E-state index in [1.54, 1.807) is 24.3 Å². The maximum absolute atomic E-state index is 12.7. The molecule has 33 heavy (non-hydrogen) atoms. The van der Waals surface area contributed by atoms with E-state index in [2.05, 4.69) is 15.2 Å². The van der Waals surface area contributed by atoms with Crippen molar-refractivity contribution in [1.29, 1.82) is 0 Å². The second-order valence-corrected chi connectivity index (χ2v) is 8.22. The van der Waals surface area contributed by atoms with Gasteiger partial charge >= 0.3 is 5.97 Å². The minimum atomic E-state index is -4.31. The topological polar surface area (TPSA) is 160 Å². The van der Waals surface area contributed by atoms with E-state index >= 15 is 0 Å². The van der Waals surface area contributed by atoms with Crippen LogP contribution < -0.4 is 14.9 Å². The van der Waals surface area contributed by atoms with Crippen molar-refractivity contribution in [2.24, 2.45) is 5.10 Å². The van der Waals surface area contributed by atoms with Gasteiger partial charge in [0, 0.05) is 6.07 Å². The Bertz CT molecular complexity index is 1320. The Kier molecular flexibility index (Phi) is 6.88. The quantitative estimate of drug-likeness (QED) is 0.243. The molecule has 0 radical (unpaired) electrons. The maximum Gasteiger partial charge on any atom is 0.337 e. The molecular formula is C21H18N4O7S. The summed E-state index contributed by atoms with van der Waals surface area (Å²) >= 11 is 0. The van der Waals surface area contributed by atoms with Crippen LogP contribution in [-0.2, 0) is 10.0 Å². The minimum absolute atomic E-state index is 0.0327. The first kappa shape index (κ1) is 23.2. The number of carbonyl (C=O) groups is 1. The lowest BCUT2D eigenvalue weighted by atomic mass is 10.2. The Morgan fingerprint density at radius 1 is 1.09 bits per heavy atom. The Hall–Kier alpha value is -4.45. The SMILES string of the molecule is COc1ccc(C=NNc2ccc(S(=O)(=O)Nc3ccccc3C(=O)O)cc2[N+](=O)[O-])cc1. The molecule has 170 valence electrons. The maximum atomic E-state index is 12.7. The van der Waals surface area contributed by atoms with Crippen LogP contribution >= 0.6 is 0 Å². The molecule has 0 spiro atoms. The number of carboxylic acid groups (broad SMARTS) is 1. The molecule has 0 aliphatic rings. The first-order valence-corrected chi connectivity index (χ1v) is 10.8. The molecular weight excluding hydrogens is 452 g/mol. The van der Waals surface area contributed by atoms with Crippen LogP contribution in [0.4, 0.5) is 17.1 Å². The van der Waals surface area contributed by atoms with E-state index in [1.807, 2.05) is 0 Å². The normalized spacial score (nSPS) is 11.2. The van der Waals surface area contributed by atoms with Gasteiger partial charge in [-0.1, -0.05) is 12.1 Å². The van der Waals surface area contributed by atoms with E-state index in [1.165, 1.54) is 43.7 Å². The molecule has 0 unspecified atom stereocenters. The van der Waals surface area contributed by atoms with Crippen molar-refractivity contribution in [2.75, 3.05) is 17.3 Å². The van der Waals surface area contributed by atoms with Gasteiger partial charge in [-0.15, -0.1) is 0 Å². The number of aromatic carboxylic acids is 1. The van der Waals surface area contributed by atoms with Crippen molar-refractivity contribution in [2.45, 2.75) is 4.90 Å². The molecule has 0 fully saturated rings. The molecule has 0 aliphatic heterocycles. The lowest BCUT2D eigenvalue weighted by Crippen LogP contribution is -2.16. The van der Waals surface area contributed by atoms with Gasteiger partial charge in [0.15, 0.2) is 0 Å². The van der Waals surface area contributed by atoms with Crippen molar-refractivity contribution < 1.29 is 28.0 Å². The van der Waals surface area contributed by atoms with Crippen molar-refractivity contribution >= 4 is 39.3 Å². The van der Waals surface area contributed by atoms with Crippen LogP contribution in [0.1, 0.15) is 15.9 Å². The van der Waals surface area contributed by atoms with E-state index in [9.17, 15) is 28.4 Å². The fourth-order valence-electron chi connectivity index (χ4n) is 2.75. The molecule has 11 nitrogen and oxygen atoms in total. The minimum Gasteiger partial charge on any atom is -0.497 e. The molecule has 0 aliphatic carbocycles. The monoisotopic (exact) mass is 470 g/mol. The fourth-order valence-corrected chi connectivity index (χ4v) is 3.85. The number of carboxylic acids is 1. The van der Waals surface area contributed by atoms with Crippen LogP contribution in [-0.4, -0.2) is 37.7 Å². The van der Waals surface area contributed by atoms with Crippen molar-refractivity contribution in [3.63, 3.8) is 0 Å². The lowest BCUT2D eigenvalue weighted by Gasteiger charge is -2.11. The summed E-state index contributed by atoms with van der Waals surface area (Å²) in [7, 11) is -2.77. The van der Waals surface area contributed by atoms with Crippen molar-refractivity contribution in [3.8, 4) is 5.75 Å². The van der Waals surface area contributed by atoms with E-state index < -0.39 is 31.5 Å². The van der Waals surface area contributed by atoms with Gasteiger partial charge in [-0.2, -0.15) is 5.10 Å². The molecule has 0 amide bonds. The molecule has 3 N–H and O–H groups in total. The number of nitrogens with one attached hydrogen (secondary N) is 2. The number of hydrogen-bond donors (Lipinski definition) is 3. The van der Waals surface area contributed by atoms with Gasteiger partial charge in [0.25, 0.3) is 15.7 Å². The first-order valence-electron chi connectivity index (χ1n) is 9.28. The fraction of sp³-hybridized carbons (Fsp3) is 0.0476. The van der Waals surface area contributed by atoms with E-state index in [0.717, 1.165) is 12.1 Å². The van der Waals surface area contributed by atoms with Gasteiger partial charge in [-0.05, 0) is 54.1 Å². The molecule has 3 aromatic rings. The zero-order valence-corrected chi connectivity index (χ0v) is 17.9. The van der Waals surface area contributed by atoms with Gasteiger partial charge in [0.05, 0.1) is 34.4 Å². The molecule has 3 rings (SSSR count). The molecule has 0 heterocycles. The zero-order chi connectivity index (χ0) is 24.0. The summed E-state index contributed by atoms with van der Waals surface area (Å²) in [6.45, 7) is 0. The predicted octanol–water partition coefficient (Wildman–Crippen LogP) is 3.55. The van der Waals surface area contributed by atoms with Crippen molar-refractivity contribution in [3.05, 3.63) is 88.0 Å². The third kappa shape index (κ3) is 5.62. The van der Waals surface area contributed by atoms with Gasteiger partial charge in [0.2, 0.25) is 0 Å². The number of rotatable bonds is 9. The van der Waals surface area contributed by atoms with Crippen LogP contribution in [0.5, 0.6) is 5.75 Å². The molecule has 0 atom stereocenters. The summed E-state index contributed by atoms with van der Waals surface area (Å²) in [4.78, 5) is 21.7. The Morgan fingerprint density at radius 2 is 1.79 bits per heavy atom. The number of hydrazone groups is 1. The third-order valence-corrected chi connectivity index (χ3v) is 5.76. The van der Waals surface area contributed by atoms with Crippen LogP contribution in [0.3, 0.4) is 0 Å². The van der Waals surface area contributed by atoms with E-state index in [0.29, 0.717) is 11.3 Å². The highest BCUT2D eigenvalue weighted by atomic mass is 32.2. The second kappa shape index (κ2) is 9.78. The van der Waals surface area contributed by atoms with Crippen LogP contribution in [0.25, 0.3) is 0 Å².